The first-order valence-corrected chi connectivity index (χ1v) is 7.90. The van der Waals surface area contributed by atoms with Gasteiger partial charge in [-0.25, -0.2) is 0 Å². The highest BCUT2D eigenvalue weighted by molar-refractivity contribution is 4.95. The van der Waals surface area contributed by atoms with E-state index in [1.807, 2.05) is 0 Å². The Kier molecular flexibility index (Phi) is 5.86. The summed E-state index contributed by atoms with van der Waals surface area (Å²) in [5, 5.41) is 13.3. The first kappa shape index (κ1) is 15.0. The summed E-state index contributed by atoms with van der Waals surface area (Å²) in [5.41, 5.74) is 1.42. The minimum absolute atomic E-state index is 0.0299. The maximum absolute atomic E-state index is 9.54. The Labute approximate surface area is 118 Å². The molecule has 2 unspecified atom stereocenters. The maximum Gasteiger partial charge on any atom is 0.0543 e. The molecular weight excluding hydrogens is 236 g/mol. The van der Waals surface area contributed by atoms with Crippen LogP contribution >= 0.6 is 0 Å². The van der Waals surface area contributed by atoms with Crippen LogP contribution < -0.4 is 5.32 Å². The molecule has 1 aliphatic heterocycles. The SMILES string of the molecule is CC(C)=CCN1CCC(NCC2CCC(O)C2)CC1. The van der Waals surface area contributed by atoms with Crippen LogP contribution in [0.15, 0.2) is 11.6 Å². The van der Waals surface area contributed by atoms with Crippen molar-refractivity contribution in [3.05, 3.63) is 11.6 Å². The van der Waals surface area contributed by atoms with Gasteiger partial charge in [-0.15, -0.1) is 0 Å². The minimum Gasteiger partial charge on any atom is -0.393 e. The molecule has 0 aromatic carbocycles. The van der Waals surface area contributed by atoms with Crippen LogP contribution in [0.5, 0.6) is 0 Å². The van der Waals surface area contributed by atoms with E-state index in [0.717, 1.165) is 25.9 Å². The lowest BCUT2D eigenvalue weighted by Crippen LogP contribution is -2.43. The molecule has 3 nitrogen and oxygen atoms in total. The smallest absolute Gasteiger partial charge is 0.0543 e. The van der Waals surface area contributed by atoms with Crippen LogP contribution in [-0.2, 0) is 0 Å². The molecule has 0 aromatic rings. The number of hydrogen-bond donors (Lipinski definition) is 2. The van der Waals surface area contributed by atoms with Crippen molar-refractivity contribution in [3.63, 3.8) is 0 Å². The molecule has 3 heteroatoms. The van der Waals surface area contributed by atoms with Gasteiger partial charge in [-0.3, -0.25) is 4.90 Å². The van der Waals surface area contributed by atoms with Crippen molar-refractivity contribution >= 4 is 0 Å². The molecule has 110 valence electrons. The van der Waals surface area contributed by atoms with E-state index < -0.39 is 0 Å². The maximum atomic E-state index is 9.54. The number of nitrogens with one attached hydrogen (secondary N) is 1. The highest BCUT2D eigenvalue weighted by Gasteiger charge is 2.24. The summed E-state index contributed by atoms with van der Waals surface area (Å²) in [6.07, 6.45) is 8.05. The topological polar surface area (TPSA) is 35.5 Å². The predicted octanol–water partition coefficient (Wildman–Crippen LogP) is 2.17. The molecular formula is C16H30N2O. The average Bonchev–Trinajstić information content (AvgIpc) is 2.81. The fourth-order valence-electron chi connectivity index (χ4n) is 3.20. The molecule has 1 aliphatic carbocycles. The molecule has 2 N–H and O–H groups in total. The van der Waals surface area contributed by atoms with E-state index in [-0.39, 0.29) is 6.10 Å². The van der Waals surface area contributed by atoms with Crippen molar-refractivity contribution in [1.82, 2.24) is 10.2 Å². The Morgan fingerprint density at radius 1 is 1.21 bits per heavy atom. The van der Waals surface area contributed by atoms with Crippen LogP contribution in [0.2, 0.25) is 0 Å². The van der Waals surface area contributed by atoms with Gasteiger partial charge in [0, 0.05) is 12.6 Å². The fourth-order valence-corrected chi connectivity index (χ4v) is 3.20. The second-order valence-corrected chi connectivity index (χ2v) is 6.60. The Balaban J connectivity index is 1.59. The summed E-state index contributed by atoms with van der Waals surface area (Å²) >= 11 is 0. The number of rotatable bonds is 5. The lowest BCUT2D eigenvalue weighted by atomic mass is 10.0. The molecule has 1 saturated carbocycles. The normalized spacial score (nSPS) is 29.6. The third-order valence-electron chi connectivity index (χ3n) is 4.55. The lowest BCUT2D eigenvalue weighted by Gasteiger charge is -2.32. The second kappa shape index (κ2) is 7.41. The fraction of sp³-hybridized carbons (Fsp3) is 0.875. The number of aliphatic hydroxyl groups excluding tert-OH is 1. The minimum atomic E-state index is -0.0299. The largest absolute Gasteiger partial charge is 0.393 e. The molecule has 2 fully saturated rings. The van der Waals surface area contributed by atoms with Crippen molar-refractivity contribution in [2.45, 2.75) is 58.1 Å². The molecule has 0 radical (unpaired) electrons. The molecule has 0 spiro atoms. The summed E-state index contributed by atoms with van der Waals surface area (Å²) in [5.74, 6) is 0.707. The Morgan fingerprint density at radius 2 is 1.95 bits per heavy atom. The molecule has 0 bridgehead atoms. The number of nitrogens with zero attached hydrogens (tertiary/aromatic N) is 1. The first-order valence-electron chi connectivity index (χ1n) is 7.90. The highest BCUT2D eigenvalue weighted by Crippen LogP contribution is 2.25. The molecule has 2 atom stereocenters. The van der Waals surface area contributed by atoms with Crippen molar-refractivity contribution in [1.29, 1.82) is 0 Å². The van der Waals surface area contributed by atoms with E-state index in [2.05, 4.69) is 30.1 Å². The Hall–Kier alpha value is -0.380. The van der Waals surface area contributed by atoms with Gasteiger partial charge in [0.25, 0.3) is 0 Å². The average molecular weight is 266 g/mol. The lowest BCUT2D eigenvalue weighted by molar-refractivity contribution is 0.175. The zero-order valence-electron chi connectivity index (χ0n) is 12.6. The van der Waals surface area contributed by atoms with Crippen LogP contribution in [0.4, 0.5) is 0 Å². The third kappa shape index (κ3) is 5.25. The van der Waals surface area contributed by atoms with Gasteiger partial charge in [-0.2, -0.15) is 0 Å². The number of allylic oxidation sites excluding steroid dienone is 1. The van der Waals surface area contributed by atoms with Crippen molar-refractivity contribution in [3.8, 4) is 0 Å². The Bertz CT molecular complexity index is 291. The summed E-state index contributed by atoms with van der Waals surface area (Å²) in [4.78, 5) is 2.55. The third-order valence-corrected chi connectivity index (χ3v) is 4.55. The molecule has 0 aromatic heterocycles. The standard InChI is InChI=1S/C16H30N2O/c1-13(2)5-8-18-9-6-15(7-10-18)17-12-14-3-4-16(19)11-14/h5,14-17,19H,3-4,6-12H2,1-2H3. The van der Waals surface area contributed by atoms with Gasteiger partial charge in [0.15, 0.2) is 0 Å². The van der Waals surface area contributed by atoms with Crippen LogP contribution in [0.3, 0.4) is 0 Å². The van der Waals surface area contributed by atoms with Crippen molar-refractivity contribution < 1.29 is 5.11 Å². The van der Waals surface area contributed by atoms with Gasteiger partial charge < -0.3 is 10.4 Å². The summed E-state index contributed by atoms with van der Waals surface area (Å²) in [7, 11) is 0. The van der Waals surface area contributed by atoms with Gasteiger partial charge in [0.05, 0.1) is 6.10 Å². The van der Waals surface area contributed by atoms with E-state index in [1.54, 1.807) is 0 Å². The quantitative estimate of drug-likeness (QED) is 0.749. The monoisotopic (exact) mass is 266 g/mol. The Morgan fingerprint density at radius 3 is 2.53 bits per heavy atom. The number of piperidine rings is 1. The zero-order valence-corrected chi connectivity index (χ0v) is 12.6. The van der Waals surface area contributed by atoms with E-state index >= 15 is 0 Å². The molecule has 0 amide bonds. The highest BCUT2D eigenvalue weighted by atomic mass is 16.3. The van der Waals surface area contributed by atoms with Crippen LogP contribution in [0.1, 0.15) is 46.0 Å². The van der Waals surface area contributed by atoms with E-state index in [0.29, 0.717) is 12.0 Å². The van der Waals surface area contributed by atoms with Gasteiger partial charge >= 0.3 is 0 Å². The predicted molar refractivity (Wildman–Crippen MR) is 80.2 cm³/mol. The van der Waals surface area contributed by atoms with Gasteiger partial charge in [0.2, 0.25) is 0 Å². The molecule has 1 saturated heterocycles. The second-order valence-electron chi connectivity index (χ2n) is 6.60. The van der Waals surface area contributed by atoms with E-state index in [4.69, 9.17) is 0 Å². The van der Waals surface area contributed by atoms with Gasteiger partial charge in [-0.1, -0.05) is 11.6 Å². The number of hydrogen-bond acceptors (Lipinski definition) is 3. The van der Waals surface area contributed by atoms with Crippen molar-refractivity contribution in [2.75, 3.05) is 26.2 Å². The first-order chi connectivity index (χ1) is 9.13. The number of likely N-dealkylation sites (tertiary alicyclic amines) is 1. The van der Waals surface area contributed by atoms with Crippen LogP contribution in [0, 0.1) is 5.92 Å². The van der Waals surface area contributed by atoms with Crippen molar-refractivity contribution in [2.24, 2.45) is 5.92 Å². The summed E-state index contributed by atoms with van der Waals surface area (Å²) in [6.45, 7) is 9.00. The van der Waals surface area contributed by atoms with Crippen LogP contribution in [0.25, 0.3) is 0 Å². The number of aliphatic hydroxyl groups is 1. The molecule has 2 aliphatic rings. The molecule has 2 rings (SSSR count). The van der Waals surface area contributed by atoms with Gasteiger partial charge in [-0.05, 0) is 71.5 Å². The molecule has 1 heterocycles. The molecule has 19 heavy (non-hydrogen) atoms. The van der Waals surface area contributed by atoms with Gasteiger partial charge in [0.1, 0.15) is 0 Å². The van der Waals surface area contributed by atoms with E-state index in [1.165, 1.54) is 37.9 Å². The van der Waals surface area contributed by atoms with E-state index in [9.17, 15) is 5.11 Å². The van der Waals surface area contributed by atoms with Crippen LogP contribution in [-0.4, -0.2) is 48.3 Å². The summed E-state index contributed by atoms with van der Waals surface area (Å²) < 4.78 is 0. The zero-order chi connectivity index (χ0) is 13.7. The summed E-state index contributed by atoms with van der Waals surface area (Å²) in [6, 6.07) is 0.695.